The predicted molar refractivity (Wildman–Crippen MR) is 62.9 cm³/mol. The van der Waals surface area contributed by atoms with E-state index < -0.39 is 11.8 Å². The maximum atomic E-state index is 11.3. The molecule has 16 heavy (non-hydrogen) atoms. The van der Waals surface area contributed by atoms with E-state index in [0.717, 1.165) is 0 Å². The molecule has 0 atom stereocenters. The number of aromatic nitrogens is 2. The van der Waals surface area contributed by atoms with Crippen LogP contribution in [0.25, 0.3) is 0 Å². The van der Waals surface area contributed by atoms with Crippen molar-refractivity contribution in [1.82, 2.24) is 15.3 Å². The summed E-state index contributed by atoms with van der Waals surface area (Å²) in [6.45, 7) is 0.0520. The van der Waals surface area contributed by atoms with Crippen LogP contribution in [0.5, 0.6) is 0 Å². The van der Waals surface area contributed by atoms with Gasteiger partial charge >= 0.3 is 0 Å². The second-order valence-corrected chi connectivity index (χ2v) is 4.28. The van der Waals surface area contributed by atoms with Crippen molar-refractivity contribution in [3.63, 3.8) is 0 Å². The fourth-order valence-electron chi connectivity index (χ4n) is 1.38. The SMILES string of the molecule is O=C1CN(c2nc[nH]c(=O)c2I)CC(=O)N1. The van der Waals surface area contributed by atoms with Gasteiger partial charge in [0, 0.05) is 0 Å². The van der Waals surface area contributed by atoms with Gasteiger partial charge in [0.2, 0.25) is 11.8 Å². The number of halogens is 1. The average Bonchev–Trinajstić information content (AvgIpc) is 2.20. The van der Waals surface area contributed by atoms with Crippen LogP contribution in [0.3, 0.4) is 0 Å². The number of hydrogen-bond donors (Lipinski definition) is 2. The number of carbonyl (C=O) groups is 2. The monoisotopic (exact) mass is 334 g/mol. The number of amides is 2. The summed E-state index contributed by atoms with van der Waals surface area (Å²) >= 11 is 1.83. The third kappa shape index (κ3) is 2.05. The molecule has 8 heteroatoms. The molecule has 1 fully saturated rings. The van der Waals surface area contributed by atoms with E-state index in [0.29, 0.717) is 9.39 Å². The van der Waals surface area contributed by atoms with Crippen molar-refractivity contribution < 1.29 is 9.59 Å². The van der Waals surface area contributed by atoms with Crippen molar-refractivity contribution in [2.75, 3.05) is 18.0 Å². The second-order valence-electron chi connectivity index (χ2n) is 3.20. The van der Waals surface area contributed by atoms with Crippen molar-refractivity contribution >= 4 is 40.2 Å². The van der Waals surface area contributed by atoms with Gasteiger partial charge in [-0.15, -0.1) is 0 Å². The summed E-state index contributed by atoms with van der Waals surface area (Å²) in [4.78, 5) is 41.5. The first-order valence-electron chi connectivity index (χ1n) is 4.39. The fourth-order valence-corrected chi connectivity index (χ4v) is 2.02. The number of imide groups is 1. The topological polar surface area (TPSA) is 95.2 Å². The molecule has 0 unspecified atom stereocenters. The normalized spacial score (nSPS) is 16.2. The molecule has 1 aliphatic rings. The number of rotatable bonds is 1. The molecule has 1 saturated heterocycles. The Labute approximate surface area is 103 Å². The zero-order valence-electron chi connectivity index (χ0n) is 7.99. The Hall–Kier alpha value is -1.45. The van der Waals surface area contributed by atoms with Crippen LogP contribution in [0.4, 0.5) is 5.82 Å². The molecule has 0 saturated carbocycles. The Morgan fingerprint density at radius 3 is 2.50 bits per heavy atom. The van der Waals surface area contributed by atoms with Crippen LogP contribution in [-0.2, 0) is 9.59 Å². The third-order valence-electron chi connectivity index (χ3n) is 2.03. The molecule has 84 valence electrons. The van der Waals surface area contributed by atoms with Gasteiger partial charge in [-0.05, 0) is 22.6 Å². The van der Waals surface area contributed by atoms with Crippen LogP contribution in [0.2, 0.25) is 0 Å². The summed E-state index contributed by atoms with van der Waals surface area (Å²) in [7, 11) is 0. The van der Waals surface area contributed by atoms with Gasteiger partial charge in [0.25, 0.3) is 5.56 Å². The van der Waals surface area contributed by atoms with E-state index in [1.54, 1.807) is 0 Å². The van der Waals surface area contributed by atoms with Crippen molar-refractivity contribution in [1.29, 1.82) is 0 Å². The zero-order valence-corrected chi connectivity index (χ0v) is 10.1. The quantitative estimate of drug-likeness (QED) is 0.499. The minimum Gasteiger partial charge on any atom is -0.337 e. The van der Waals surface area contributed by atoms with E-state index in [-0.39, 0.29) is 18.6 Å². The van der Waals surface area contributed by atoms with Crippen LogP contribution in [0.15, 0.2) is 11.1 Å². The molecule has 2 rings (SSSR count). The second kappa shape index (κ2) is 4.20. The Balaban J connectivity index is 2.37. The molecule has 0 spiro atoms. The van der Waals surface area contributed by atoms with Crippen LogP contribution in [0.1, 0.15) is 0 Å². The summed E-state index contributed by atoms with van der Waals surface area (Å²) in [6.07, 6.45) is 1.25. The Bertz CT molecular complexity index is 496. The first-order chi connectivity index (χ1) is 7.58. The molecular weight excluding hydrogens is 327 g/mol. The summed E-state index contributed by atoms with van der Waals surface area (Å²) in [5.41, 5.74) is -0.288. The predicted octanol–water partition coefficient (Wildman–Crippen LogP) is -1.16. The lowest BCUT2D eigenvalue weighted by molar-refractivity contribution is -0.130. The van der Waals surface area contributed by atoms with Crippen molar-refractivity contribution in [2.24, 2.45) is 0 Å². The third-order valence-corrected chi connectivity index (χ3v) is 3.00. The number of anilines is 1. The van der Waals surface area contributed by atoms with Gasteiger partial charge in [-0.25, -0.2) is 4.98 Å². The highest BCUT2D eigenvalue weighted by Crippen LogP contribution is 2.15. The molecule has 2 amide bonds. The highest BCUT2D eigenvalue weighted by molar-refractivity contribution is 14.1. The van der Waals surface area contributed by atoms with Crippen molar-refractivity contribution in [3.05, 3.63) is 20.3 Å². The Morgan fingerprint density at radius 1 is 1.25 bits per heavy atom. The first-order valence-corrected chi connectivity index (χ1v) is 5.46. The smallest absolute Gasteiger partial charge is 0.266 e. The number of H-pyrrole nitrogens is 1. The van der Waals surface area contributed by atoms with Gasteiger partial charge in [0.15, 0.2) is 0 Å². The summed E-state index contributed by atoms with van der Waals surface area (Å²) in [5, 5.41) is 2.18. The fraction of sp³-hybridized carbons (Fsp3) is 0.250. The Morgan fingerprint density at radius 2 is 1.88 bits per heavy atom. The molecule has 1 aromatic heterocycles. The highest BCUT2D eigenvalue weighted by Gasteiger charge is 2.25. The summed E-state index contributed by atoms with van der Waals surface area (Å²) in [5.74, 6) is -0.434. The van der Waals surface area contributed by atoms with E-state index in [9.17, 15) is 14.4 Å². The molecule has 7 nitrogen and oxygen atoms in total. The number of aromatic amines is 1. The molecule has 0 bridgehead atoms. The van der Waals surface area contributed by atoms with Crippen LogP contribution in [-0.4, -0.2) is 34.9 Å². The highest BCUT2D eigenvalue weighted by atomic mass is 127. The minimum absolute atomic E-state index is 0.0260. The number of piperazine rings is 1. The minimum atomic E-state index is -0.394. The maximum absolute atomic E-state index is 11.3. The molecule has 2 heterocycles. The molecule has 2 N–H and O–H groups in total. The lowest BCUT2D eigenvalue weighted by atomic mass is 10.3. The number of nitrogens with zero attached hydrogens (tertiary/aromatic N) is 2. The average molecular weight is 334 g/mol. The molecule has 0 radical (unpaired) electrons. The van der Waals surface area contributed by atoms with Crippen LogP contribution in [0, 0.1) is 3.57 Å². The van der Waals surface area contributed by atoms with Crippen LogP contribution < -0.4 is 15.8 Å². The zero-order chi connectivity index (χ0) is 11.7. The van der Waals surface area contributed by atoms with Crippen molar-refractivity contribution in [3.8, 4) is 0 Å². The number of hydrogen-bond acceptors (Lipinski definition) is 5. The number of carbonyl (C=O) groups excluding carboxylic acids is 2. The molecule has 0 aliphatic carbocycles. The summed E-state index contributed by atoms with van der Waals surface area (Å²) < 4.78 is 0.364. The van der Waals surface area contributed by atoms with Crippen LogP contribution >= 0.6 is 22.6 Å². The largest absolute Gasteiger partial charge is 0.337 e. The maximum Gasteiger partial charge on any atom is 0.266 e. The lowest BCUT2D eigenvalue weighted by Gasteiger charge is -2.26. The van der Waals surface area contributed by atoms with E-state index in [2.05, 4.69) is 15.3 Å². The molecule has 1 aromatic rings. The lowest BCUT2D eigenvalue weighted by Crippen LogP contribution is -2.52. The molecule has 1 aliphatic heterocycles. The van der Waals surface area contributed by atoms with E-state index in [4.69, 9.17) is 0 Å². The molecule has 0 aromatic carbocycles. The summed E-state index contributed by atoms with van der Waals surface area (Å²) in [6, 6.07) is 0. The van der Waals surface area contributed by atoms with Gasteiger partial charge < -0.3 is 9.88 Å². The van der Waals surface area contributed by atoms with E-state index in [1.807, 2.05) is 22.6 Å². The Kier molecular flexibility index (Phi) is 2.90. The van der Waals surface area contributed by atoms with E-state index in [1.165, 1.54) is 11.2 Å². The van der Waals surface area contributed by atoms with Gasteiger partial charge in [0.05, 0.1) is 19.4 Å². The molecular formula is C8H7IN4O3. The van der Waals surface area contributed by atoms with E-state index >= 15 is 0 Å². The number of nitrogens with one attached hydrogen (secondary N) is 2. The van der Waals surface area contributed by atoms with Gasteiger partial charge in [0.1, 0.15) is 9.39 Å². The van der Waals surface area contributed by atoms with Gasteiger partial charge in [-0.3, -0.25) is 19.7 Å². The van der Waals surface area contributed by atoms with Crippen molar-refractivity contribution in [2.45, 2.75) is 0 Å². The van der Waals surface area contributed by atoms with Gasteiger partial charge in [-0.2, -0.15) is 0 Å². The standard InChI is InChI=1S/C8H7IN4O3/c9-6-7(10-3-11-8(6)16)13-1-4(14)12-5(15)2-13/h3H,1-2H2,(H,10,11,16)(H,12,14,15). The van der Waals surface area contributed by atoms with Gasteiger partial charge in [-0.1, -0.05) is 0 Å². The first kappa shape index (κ1) is 11.0.